The fourth-order valence-corrected chi connectivity index (χ4v) is 5.44. The molecule has 3 aliphatic rings. The van der Waals surface area contributed by atoms with Crippen molar-refractivity contribution in [3.8, 4) is 16.9 Å². The summed E-state index contributed by atoms with van der Waals surface area (Å²) in [7, 11) is 0. The zero-order valence-corrected chi connectivity index (χ0v) is 22.3. The molecule has 8 nitrogen and oxygen atoms in total. The summed E-state index contributed by atoms with van der Waals surface area (Å²) in [4.78, 5) is 51.8. The van der Waals surface area contributed by atoms with E-state index in [1.54, 1.807) is 32.9 Å². The Morgan fingerprint density at radius 1 is 1.05 bits per heavy atom. The van der Waals surface area contributed by atoms with Crippen LogP contribution in [0.25, 0.3) is 11.1 Å². The van der Waals surface area contributed by atoms with Gasteiger partial charge in [-0.2, -0.15) is 0 Å². The van der Waals surface area contributed by atoms with Crippen molar-refractivity contribution in [3.63, 3.8) is 0 Å². The summed E-state index contributed by atoms with van der Waals surface area (Å²) in [5.41, 5.74) is 4.61. The molecule has 0 unspecified atom stereocenters. The van der Waals surface area contributed by atoms with Gasteiger partial charge in [0.25, 0.3) is 0 Å². The number of fused-ring (bicyclic) bond motifs is 5. The molecule has 0 saturated carbocycles. The molecular weight excluding hydrogens is 486 g/mol. The zero-order chi connectivity index (χ0) is 27.2. The molecule has 8 heteroatoms. The van der Waals surface area contributed by atoms with Crippen molar-refractivity contribution in [2.45, 2.75) is 71.6 Å². The monoisotopic (exact) mass is 519 g/mol. The molecule has 5 rings (SSSR count). The van der Waals surface area contributed by atoms with Gasteiger partial charge >= 0.3 is 12.1 Å². The highest BCUT2D eigenvalue weighted by molar-refractivity contribution is 5.99. The molecular formula is C30H33NO7. The number of Topliss-reactive ketones (excluding diaryl/α,β-unsaturated/α-hetero) is 2. The minimum Gasteiger partial charge on any atom is -0.488 e. The van der Waals surface area contributed by atoms with E-state index in [9.17, 15) is 19.2 Å². The van der Waals surface area contributed by atoms with Crippen LogP contribution in [-0.2, 0) is 38.5 Å². The Balaban J connectivity index is 1.26. The highest BCUT2D eigenvalue weighted by atomic mass is 16.6. The predicted octanol–water partition coefficient (Wildman–Crippen LogP) is 4.68. The van der Waals surface area contributed by atoms with Crippen LogP contribution in [0.1, 0.15) is 67.6 Å². The Bertz CT molecular complexity index is 1320. The van der Waals surface area contributed by atoms with Crippen LogP contribution < -0.4 is 4.74 Å². The quantitative estimate of drug-likeness (QED) is 0.427. The van der Waals surface area contributed by atoms with Crippen LogP contribution in [-0.4, -0.2) is 53.3 Å². The van der Waals surface area contributed by atoms with Gasteiger partial charge in [0.15, 0.2) is 12.4 Å². The van der Waals surface area contributed by atoms with Crippen molar-refractivity contribution >= 4 is 23.6 Å². The first-order valence-electron chi connectivity index (χ1n) is 13.1. The molecule has 2 atom stereocenters. The van der Waals surface area contributed by atoms with Crippen molar-refractivity contribution in [1.29, 1.82) is 0 Å². The molecule has 1 amide bonds. The number of likely N-dealkylation sites (tertiary alicyclic amines) is 1. The lowest BCUT2D eigenvalue weighted by atomic mass is 9.85. The van der Waals surface area contributed by atoms with E-state index in [1.165, 1.54) is 4.90 Å². The van der Waals surface area contributed by atoms with Crippen LogP contribution in [0.4, 0.5) is 4.79 Å². The molecule has 2 aliphatic heterocycles. The first kappa shape index (κ1) is 25.9. The third kappa shape index (κ3) is 5.17. The molecule has 0 aromatic heterocycles. The van der Waals surface area contributed by atoms with Crippen molar-refractivity contribution in [2.75, 3.05) is 13.2 Å². The Morgan fingerprint density at radius 3 is 2.58 bits per heavy atom. The van der Waals surface area contributed by atoms with Gasteiger partial charge in [-0.05, 0) is 62.3 Å². The molecule has 2 heterocycles. The van der Waals surface area contributed by atoms with E-state index < -0.39 is 30.3 Å². The summed E-state index contributed by atoms with van der Waals surface area (Å²) in [5, 5.41) is 0. The van der Waals surface area contributed by atoms with Gasteiger partial charge in [-0.15, -0.1) is 0 Å². The van der Waals surface area contributed by atoms with Crippen LogP contribution in [0.15, 0.2) is 30.3 Å². The third-order valence-electron chi connectivity index (χ3n) is 7.25. The Morgan fingerprint density at radius 2 is 1.82 bits per heavy atom. The van der Waals surface area contributed by atoms with E-state index >= 15 is 0 Å². The van der Waals surface area contributed by atoms with Gasteiger partial charge in [-0.3, -0.25) is 14.5 Å². The maximum atomic E-state index is 12.9. The molecule has 0 N–H and O–H groups in total. The number of benzene rings is 2. The van der Waals surface area contributed by atoms with Crippen molar-refractivity contribution in [3.05, 3.63) is 52.6 Å². The van der Waals surface area contributed by atoms with Gasteiger partial charge in [0.05, 0.1) is 0 Å². The summed E-state index contributed by atoms with van der Waals surface area (Å²) in [5.74, 6) is 0.150. The Kier molecular flexibility index (Phi) is 6.75. The standard InChI is InChI=1S/C30H33NO7/c1-17-11-25(31(14-17)29(35)38-30(2,3)4)28(34)37-16-26(33)19-7-9-22-20(12-19)15-36-27-23(22)10-6-18-5-8-21(32)13-24(18)27/h6-7,9-10,12,17,25H,5,8,11,13-16H2,1-4H3/t17-,25-/m0/s1. The number of hydrogen-bond donors (Lipinski definition) is 0. The van der Waals surface area contributed by atoms with E-state index in [-0.39, 0.29) is 17.5 Å². The summed E-state index contributed by atoms with van der Waals surface area (Å²) in [6.07, 6.45) is 1.59. The van der Waals surface area contributed by atoms with E-state index in [2.05, 4.69) is 6.07 Å². The second-order valence-corrected chi connectivity index (χ2v) is 11.5. The zero-order valence-electron chi connectivity index (χ0n) is 22.3. The molecule has 1 aliphatic carbocycles. The molecule has 2 aromatic carbocycles. The number of amides is 1. The van der Waals surface area contributed by atoms with E-state index in [0.717, 1.165) is 40.0 Å². The average Bonchev–Trinajstić information content (AvgIpc) is 3.27. The fraction of sp³-hybridized carbons (Fsp3) is 0.467. The largest absolute Gasteiger partial charge is 0.488 e. The van der Waals surface area contributed by atoms with E-state index in [1.807, 2.05) is 19.1 Å². The van der Waals surface area contributed by atoms with Crippen molar-refractivity contribution in [1.82, 2.24) is 4.90 Å². The number of ether oxygens (including phenoxy) is 3. The van der Waals surface area contributed by atoms with Gasteiger partial charge in [-0.25, -0.2) is 9.59 Å². The van der Waals surface area contributed by atoms with Crippen LogP contribution >= 0.6 is 0 Å². The van der Waals surface area contributed by atoms with E-state index in [4.69, 9.17) is 14.2 Å². The van der Waals surface area contributed by atoms with Gasteiger partial charge in [0.1, 0.15) is 29.8 Å². The van der Waals surface area contributed by atoms with Crippen LogP contribution in [0.2, 0.25) is 0 Å². The van der Waals surface area contributed by atoms with Crippen molar-refractivity contribution < 1.29 is 33.4 Å². The second kappa shape index (κ2) is 9.89. The Labute approximate surface area is 222 Å². The minimum absolute atomic E-state index is 0.114. The lowest BCUT2D eigenvalue weighted by molar-refractivity contribution is -0.147. The number of carbonyl (C=O) groups excluding carboxylic acids is 4. The lowest BCUT2D eigenvalue weighted by Crippen LogP contribution is -2.44. The topological polar surface area (TPSA) is 99.2 Å². The second-order valence-electron chi connectivity index (χ2n) is 11.5. The third-order valence-corrected chi connectivity index (χ3v) is 7.25. The Hall–Kier alpha value is -3.68. The molecule has 0 spiro atoms. The van der Waals surface area contributed by atoms with Gasteiger partial charge < -0.3 is 14.2 Å². The molecule has 0 radical (unpaired) electrons. The van der Waals surface area contributed by atoms with Gasteiger partial charge in [-0.1, -0.05) is 31.2 Å². The summed E-state index contributed by atoms with van der Waals surface area (Å²) < 4.78 is 16.9. The van der Waals surface area contributed by atoms with Gasteiger partial charge in [0, 0.05) is 36.1 Å². The number of carbonyl (C=O) groups is 4. The molecule has 1 saturated heterocycles. The number of ketones is 2. The fourth-order valence-electron chi connectivity index (χ4n) is 5.44. The maximum Gasteiger partial charge on any atom is 0.411 e. The van der Waals surface area contributed by atoms with Crippen LogP contribution in [0, 0.1) is 5.92 Å². The number of nitrogens with zero attached hydrogens (tertiary/aromatic N) is 1. The average molecular weight is 520 g/mol. The highest BCUT2D eigenvalue weighted by Crippen LogP contribution is 2.43. The molecule has 2 aromatic rings. The number of hydrogen-bond acceptors (Lipinski definition) is 7. The predicted molar refractivity (Wildman–Crippen MR) is 139 cm³/mol. The first-order valence-corrected chi connectivity index (χ1v) is 13.1. The number of esters is 1. The number of rotatable bonds is 4. The molecule has 200 valence electrons. The highest BCUT2D eigenvalue weighted by Gasteiger charge is 2.41. The smallest absolute Gasteiger partial charge is 0.411 e. The summed E-state index contributed by atoms with van der Waals surface area (Å²) >= 11 is 0. The molecule has 0 bridgehead atoms. The van der Waals surface area contributed by atoms with Crippen LogP contribution in [0.5, 0.6) is 5.75 Å². The normalized spacial score (nSPS) is 20.1. The minimum atomic E-state index is -0.779. The number of aryl methyl sites for hydroxylation is 1. The molecule has 38 heavy (non-hydrogen) atoms. The summed E-state index contributed by atoms with van der Waals surface area (Å²) in [6, 6.07) is 8.67. The maximum absolute atomic E-state index is 12.9. The van der Waals surface area contributed by atoms with E-state index in [0.29, 0.717) is 38.0 Å². The summed E-state index contributed by atoms with van der Waals surface area (Å²) in [6.45, 7) is 7.54. The van der Waals surface area contributed by atoms with Crippen molar-refractivity contribution in [2.24, 2.45) is 5.92 Å². The SMILES string of the molecule is C[C@H]1C[C@@H](C(=O)OCC(=O)c2ccc3c(c2)COc2c-3ccc3c2CC(=O)CC3)N(C(=O)OC(C)(C)C)C1. The van der Waals surface area contributed by atoms with Gasteiger partial charge in [0.2, 0.25) is 0 Å². The first-order chi connectivity index (χ1) is 18.0. The lowest BCUT2D eigenvalue weighted by Gasteiger charge is -2.27. The van der Waals surface area contributed by atoms with Crippen LogP contribution in [0.3, 0.4) is 0 Å². The molecule has 1 fully saturated rings.